The number of imide groups is 1. The lowest BCUT2D eigenvalue weighted by Crippen LogP contribution is -2.62. The van der Waals surface area contributed by atoms with Crippen molar-refractivity contribution in [2.45, 2.75) is 37.3 Å². The summed E-state index contributed by atoms with van der Waals surface area (Å²) < 4.78 is 48.2. The molecule has 0 saturated carbocycles. The summed E-state index contributed by atoms with van der Waals surface area (Å²) in [5.74, 6) is -13.5. The van der Waals surface area contributed by atoms with Crippen LogP contribution in [0.2, 0.25) is 5.02 Å². The molecule has 2 saturated heterocycles. The van der Waals surface area contributed by atoms with Crippen LogP contribution >= 0.6 is 11.6 Å². The molecule has 7 amide bonds. The predicted molar refractivity (Wildman–Crippen MR) is 189 cm³/mol. The molecule has 3 aliphatic rings. The Morgan fingerprint density at radius 1 is 0.877 bits per heavy atom. The molecular formula is C34H31BClF3N6O12. The molecule has 8 N–H and O–H groups in total. The van der Waals surface area contributed by atoms with Crippen molar-refractivity contribution in [2.75, 3.05) is 31.5 Å². The molecule has 3 aromatic rings. The first-order valence-corrected chi connectivity index (χ1v) is 17.4. The molecule has 1 unspecified atom stereocenters. The third kappa shape index (κ3) is 7.98. The van der Waals surface area contributed by atoms with Gasteiger partial charge in [-0.1, -0.05) is 17.7 Å². The zero-order valence-electron chi connectivity index (χ0n) is 29.2. The first-order valence-electron chi connectivity index (χ1n) is 17.0. The third-order valence-electron chi connectivity index (χ3n) is 9.67. The Kier molecular flexibility index (Phi) is 11.3. The number of carbonyl (C=O) groups is 6. The van der Waals surface area contributed by atoms with E-state index < -0.39 is 118 Å². The number of nitrogens with one attached hydrogen (secondary N) is 3. The highest BCUT2D eigenvalue weighted by Crippen LogP contribution is 2.41. The second-order valence-electron chi connectivity index (χ2n) is 13.2. The standard InChI is InChI=1S/C34H31BClF3N6O12/c36-24-17(13-20(39)26(47)27(24)48)25(29(49)41-22-11-14-1-3-19(38)23(32(52)53)28(14)57-35(22)56)42-34(55)45-10-9-44(30(50)31(45)51)15-5-7-43(8-6-15)33(54)40-21-12-16(46)2-4-18(21)37/h1-4,12-13,15,22,25,46-48,56H,5-11H2,(H,40,54)(H,41,49)(H,42,55)(H,52,53)/t22-,25?/m0/s1. The number of carboxylic acids is 1. The number of phenolic OH excluding ortho intramolecular Hbond substituents is 3. The van der Waals surface area contributed by atoms with Gasteiger partial charge in [-0.3, -0.25) is 19.3 Å². The van der Waals surface area contributed by atoms with E-state index in [2.05, 4.69) is 16.0 Å². The molecule has 0 bridgehead atoms. The molecule has 0 aromatic heterocycles. The average molecular weight is 819 g/mol. The van der Waals surface area contributed by atoms with Gasteiger partial charge in [0.25, 0.3) is 0 Å². The number of hydrogen-bond acceptors (Lipinski definition) is 11. The lowest BCUT2D eigenvalue weighted by atomic mass is 9.72. The van der Waals surface area contributed by atoms with E-state index in [0.717, 1.165) is 30.3 Å². The fourth-order valence-corrected chi connectivity index (χ4v) is 6.97. The van der Waals surface area contributed by atoms with Gasteiger partial charge in [0, 0.05) is 43.9 Å². The van der Waals surface area contributed by atoms with E-state index in [9.17, 15) is 67.4 Å². The maximum absolute atomic E-state index is 14.7. The van der Waals surface area contributed by atoms with Crippen molar-refractivity contribution >= 4 is 60.2 Å². The zero-order valence-corrected chi connectivity index (χ0v) is 29.9. The number of hydrogen-bond donors (Lipinski definition) is 8. The van der Waals surface area contributed by atoms with Crippen molar-refractivity contribution in [3.63, 3.8) is 0 Å². The molecule has 3 heterocycles. The molecule has 0 radical (unpaired) electrons. The fourth-order valence-electron chi connectivity index (χ4n) is 6.72. The molecule has 0 spiro atoms. The van der Waals surface area contributed by atoms with Gasteiger partial charge in [0.15, 0.2) is 17.3 Å². The van der Waals surface area contributed by atoms with Gasteiger partial charge in [-0.15, -0.1) is 0 Å². The van der Waals surface area contributed by atoms with Crippen molar-refractivity contribution in [1.29, 1.82) is 0 Å². The third-order valence-corrected chi connectivity index (χ3v) is 10.1. The fraction of sp³-hybridized carbons (Fsp3) is 0.294. The highest BCUT2D eigenvalue weighted by Gasteiger charge is 2.44. The maximum atomic E-state index is 14.7. The quantitative estimate of drug-likeness (QED) is 0.0966. The molecule has 23 heteroatoms. The SMILES string of the molecule is O=C(O)c1c(F)ccc2c1OB(O)[C@@H](NC(=O)C(NC(=O)N1CCN(C3CCN(C(=O)Nc4cc(O)ccc4F)CC3)C(=O)C1=O)c1cc(F)c(O)c(O)c1Cl)C2. The van der Waals surface area contributed by atoms with Crippen LogP contribution in [0.25, 0.3) is 0 Å². The minimum absolute atomic E-state index is 0.0518. The maximum Gasteiger partial charge on any atom is 0.547 e. The number of phenols is 3. The lowest BCUT2D eigenvalue weighted by molar-refractivity contribution is -0.156. The van der Waals surface area contributed by atoms with Gasteiger partial charge in [0.2, 0.25) is 5.91 Å². The van der Waals surface area contributed by atoms with Gasteiger partial charge in [0.1, 0.15) is 34.7 Å². The van der Waals surface area contributed by atoms with Crippen molar-refractivity contribution in [2.24, 2.45) is 0 Å². The number of aromatic hydroxyl groups is 3. The number of piperidine rings is 1. The monoisotopic (exact) mass is 818 g/mol. The highest BCUT2D eigenvalue weighted by molar-refractivity contribution is 6.47. The summed E-state index contributed by atoms with van der Waals surface area (Å²) in [6.07, 6.45) is 0.0538. The normalized spacial score (nSPS) is 17.7. The topological polar surface area (TPSA) is 259 Å². The number of benzene rings is 3. The predicted octanol–water partition coefficient (Wildman–Crippen LogP) is 1.83. The van der Waals surface area contributed by atoms with E-state index in [1.807, 2.05) is 0 Å². The second-order valence-corrected chi connectivity index (χ2v) is 13.5. The Balaban J connectivity index is 1.14. The molecule has 2 fully saturated rings. The molecule has 18 nitrogen and oxygen atoms in total. The smallest absolute Gasteiger partial charge is 0.534 e. The first-order chi connectivity index (χ1) is 27.0. The van der Waals surface area contributed by atoms with Crippen LogP contribution in [0.4, 0.5) is 28.4 Å². The number of aromatic carboxylic acids is 1. The van der Waals surface area contributed by atoms with Crippen LogP contribution in [0.1, 0.15) is 40.4 Å². The highest BCUT2D eigenvalue weighted by atomic mass is 35.5. The summed E-state index contributed by atoms with van der Waals surface area (Å²) in [6.45, 7) is -0.396. The van der Waals surface area contributed by atoms with Crippen molar-refractivity contribution < 1.29 is 72.0 Å². The number of piperazine rings is 1. The minimum atomic E-state index is -2.09. The molecule has 2 atom stereocenters. The Morgan fingerprint density at radius 2 is 1.56 bits per heavy atom. The summed E-state index contributed by atoms with van der Waals surface area (Å²) in [6, 6.07) is 0.947. The van der Waals surface area contributed by atoms with E-state index in [4.69, 9.17) is 16.3 Å². The van der Waals surface area contributed by atoms with E-state index in [1.54, 1.807) is 0 Å². The molecule has 57 heavy (non-hydrogen) atoms. The van der Waals surface area contributed by atoms with E-state index in [-0.39, 0.29) is 55.9 Å². The van der Waals surface area contributed by atoms with Crippen LogP contribution in [0.5, 0.6) is 23.0 Å². The number of halogens is 4. The van der Waals surface area contributed by atoms with Crippen molar-refractivity contribution in [1.82, 2.24) is 25.3 Å². The Hall–Kier alpha value is -6.42. The summed E-state index contributed by atoms with van der Waals surface area (Å²) in [5, 5.41) is 55.8. The van der Waals surface area contributed by atoms with Crippen LogP contribution in [-0.2, 0) is 20.8 Å². The van der Waals surface area contributed by atoms with Crippen LogP contribution in [0, 0.1) is 17.5 Å². The number of carboxylic acid groups (broad SMARTS) is 1. The number of fused-ring (bicyclic) bond motifs is 1. The number of likely N-dealkylation sites (tertiary alicyclic amines) is 1. The molecule has 300 valence electrons. The van der Waals surface area contributed by atoms with Gasteiger partial charge in [-0.25, -0.2) is 27.6 Å². The summed E-state index contributed by atoms with van der Waals surface area (Å²) in [7, 11) is -1.99. The van der Waals surface area contributed by atoms with Gasteiger partial charge >= 0.3 is 37.0 Å². The summed E-state index contributed by atoms with van der Waals surface area (Å²) >= 11 is 6.15. The largest absolute Gasteiger partial charge is 0.547 e. The van der Waals surface area contributed by atoms with Gasteiger partial charge in [0.05, 0.1) is 16.7 Å². The zero-order chi connectivity index (χ0) is 41.5. The molecule has 3 aliphatic heterocycles. The first kappa shape index (κ1) is 40.3. The van der Waals surface area contributed by atoms with Crippen molar-refractivity contribution in [3.8, 4) is 23.0 Å². The number of amides is 7. The van der Waals surface area contributed by atoms with E-state index in [1.165, 1.54) is 9.80 Å². The Morgan fingerprint density at radius 3 is 2.25 bits per heavy atom. The van der Waals surface area contributed by atoms with Crippen LogP contribution in [0.3, 0.4) is 0 Å². The van der Waals surface area contributed by atoms with Crippen LogP contribution in [-0.4, -0.2) is 121 Å². The molecule has 6 rings (SSSR count). The Bertz CT molecular complexity index is 2200. The summed E-state index contributed by atoms with van der Waals surface area (Å²) in [5.41, 5.74) is -1.71. The van der Waals surface area contributed by atoms with Gasteiger partial charge < -0.3 is 55.9 Å². The summed E-state index contributed by atoms with van der Waals surface area (Å²) in [4.78, 5) is 81.3. The number of rotatable bonds is 7. The lowest BCUT2D eigenvalue weighted by Gasteiger charge is -2.41. The number of urea groups is 2. The van der Waals surface area contributed by atoms with Gasteiger partial charge in [-0.2, -0.15) is 0 Å². The van der Waals surface area contributed by atoms with Crippen LogP contribution < -0.4 is 20.6 Å². The van der Waals surface area contributed by atoms with Gasteiger partial charge in [-0.05, 0) is 49.1 Å². The Labute approximate surface area is 324 Å². The number of anilines is 1. The van der Waals surface area contributed by atoms with Crippen LogP contribution in [0.15, 0.2) is 36.4 Å². The van der Waals surface area contributed by atoms with Crippen molar-refractivity contribution in [3.05, 3.63) is 75.6 Å². The van der Waals surface area contributed by atoms with E-state index in [0.29, 0.717) is 11.0 Å². The number of carbonyl (C=O) groups excluding carboxylic acids is 5. The average Bonchev–Trinajstić information content (AvgIpc) is 3.17. The molecular weight excluding hydrogens is 788 g/mol. The molecule has 0 aliphatic carbocycles. The minimum Gasteiger partial charge on any atom is -0.534 e. The second kappa shape index (κ2) is 16.0. The molecule has 3 aromatic carbocycles. The number of nitrogens with zero attached hydrogens (tertiary/aromatic N) is 3. The van der Waals surface area contributed by atoms with E-state index >= 15 is 0 Å².